The maximum absolute atomic E-state index is 12.7. The van der Waals surface area contributed by atoms with Gasteiger partial charge in [-0.2, -0.15) is 24.9 Å². The van der Waals surface area contributed by atoms with Gasteiger partial charge in [-0.1, -0.05) is 18.2 Å². The van der Waals surface area contributed by atoms with Gasteiger partial charge in [0.25, 0.3) is 0 Å². The van der Waals surface area contributed by atoms with Crippen LogP contribution in [0.2, 0.25) is 0 Å². The lowest BCUT2D eigenvalue weighted by molar-refractivity contribution is -0.160. The maximum atomic E-state index is 12.7. The lowest BCUT2D eigenvalue weighted by Gasteiger charge is -2.23. The standard InChI is InChI=1S/C16H18F3N3OS/c1-3-8-21(11-16(17,18)19)15(23)9-22-13-7-5-4-6-12(13)20-14(22)10-24-2/h3-7H,1,8-11H2,2H3. The number of benzene rings is 1. The van der Waals surface area contributed by atoms with Crippen LogP contribution in [0.4, 0.5) is 13.2 Å². The lowest BCUT2D eigenvalue weighted by atomic mass is 10.3. The third-order valence-electron chi connectivity index (χ3n) is 3.37. The predicted octanol–water partition coefficient (Wildman–Crippen LogP) is 3.48. The van der Waals surface area contributed by atoms with E-state index in [0.29, 0.717) is 11.6 Å². The second-order valence-corrected chi connectivity index (χ2v) is 6.08. The maximum Gasteiger partial charge on any atom is 0.406 e. The monoisotopic (exact) mass is 357 g/mol. The zero-order chi connectivity index (χ0) is 17.7. The minimum Gasteiger partial charge on any atom is -0.328 e. The average molecular weight is 357 g/mol. The summed E-state index contributed by atoms with van der Waals surface area (Å²) in [5.74, 6) is 0.628. The van der Waals surface area contributed by atoms with Gasteiger partial charge in [-0.05, 0) is 18.4 Å². The lowest BCUT2D eigenvalue weighted by Crippen LogP contribution is -2.40. The van der Waals surface area contributed by atoms with Crippen molar-refractivity contribution in [3.63, 3.8) is 0 Å². The number of rotatable bonds is 7. The molecule has 1 amide bonds. The van der Waals surface area contributed by atoms with Gasteiger partial charge in [0.05, 0.1) is 16.8 Å². The van der Waals surface area contributed by atoms with Gasteiger partial charge in [-0.15, -0.1) is 6.58 Å². The minimum atomic E-state index is -4.45. The fraction of sp³-hybridized carbons (Fsp3) is 0.375. The highest BCUT2D eigenvalue weighted by atomic mass is 32.2. The molecule has 0 radical (unpaired) electrons. The molecule has 130 valence electrons. The first-order chi connectivity index (χ1) is 11.4. The van der Waals surface area contributed by atoms with Gasteiger partial charge in [-0.25, -0.2) is 4.98 Å². The molecule has 1 aromatic carbocycles. The van der Waals surface area contributed by atoms with Crippen LogP contribution in [0.25, 0.3) is 11.0 Å². The van der Waals surface area contributed by atoms with Gasteiger partial charge in [0.2, 0.25) is 5.91 Å². The van der Waals surface area contributed by atoms with E-state index in [2.05, 4.69) is 11.6 Å². The second kappa shape index (κ2) is 7.74. The molecular weight excluding hydrogens is 339 g/mol. The normalized spacial score (nSPS) is 11.7. The summed E-state index contributed by atoms with van der Waals surface area (Å²) in [4.78, 5) is 17.6. The number of alkyl halides is 3. The fourth-order valence-electron chi connectivity index (χ4n) is 2.40. The van der Waals surface area contributed by atoms with Gasteiger partial charge < -0.3 is 9.47 Å². The van der Waals surface area contributed by atoms with E-state index in [1.807, 2.05) is 24.5 Å². The van der Waals surface area contributed by atoms with Crippen LogP contribution < -0.4 is 0 Å². The molecule has 8 heteroatoms. The first-order valence-corrected chi connectivity index (χ1v) is 8.63. The van der Waals surface area contributed by atoms with Gasteiger partial charge in [0.1, 0.15) is 18.9 Å². The summed E-state index contributed by atoms with van der Waals surface area (Å²) in [5.41, 5.74) is 1.46. The summed E-state index contributed by atoms with van der Waals surface area (Å²) >= 11 is 1.54. The Morgan fingerprint density at radius 3 is 2.75 bits per heavy atom. The molecule has 0 fully saturated rings. The van der Waals surface area contributed by atoms with E-state index in [9.17, 15) is 18.0 Å². The van der Waals surface area contributed by atoms with E-state index in [1.165, 1.54) is 17.8 Å². The molecule has 0 N–H and O–H groups in total. The first kappa shape index (κ1) is 18.4. The van der Waals surface area contributed by atoms with Crippen molar-refractivity contribution in [2.24, 2.45) is 0 Å². The summed E-state index contributed by atoms with van der Waals surface area (Å²) in [6, 6.07) is 7.27. The Morgan fingerprint density at radius 2 is 2.12 bits per heavy atom. The zero-order valence-corrected chi connectivity index (χ0v) is 14.0. The molecular formula is C16H18F3N3OS. The highest BCUT2D eigenvalue weighted by Gasteiger charge is 2.32. The summed E-state index contributed by atoms with van der Waals surface area (Å²) in [6.45, 7) is 1.80. The average Bonchev–Trinajstić information content (AvgIpc) is 2.84. The Hall–Kier alpha value is -1.96. The Bertz CT molecular complexity index is 727. The molecule has 0 spiro atoms. The largest absolute Gasteiger partial charge is 0.406 e. The molecule has 2 aromatic rings. The smallest absolute Gasteiger partial charge is 0.328 e. The van der Waals surface area contributed by atoms with Crippen molar-refractivity contribution in [1.82, 2.24) is 14.5 Å². The number of thioether (sulfide) groups is 1. The van der Waals surface area contributed by atoms with Gasteiger partial charge in [-0.3, -0.25) is 4.79 Å². The van der Waals surface area contributed by atoms with Crippen molar-refractivity contribution in [2.45, 2.75) is 18.5 Å². The second-order valence-electron chi connectivity index (χ2n) is 5.21. The van der Waals surface area contributed by atoms with E-state index in [-0.39, 0.29) is 13.1 Å². The summed E-state index contributed by atoms with van der Waals surface area (Å²) in [6.07, 6.45) is -1.25. The van der Waals surface area contributed by atoms with Crippen molar-refractivity contribution in [3.05, 3.63) is 42.7 Å². The van der Waals surface area contributed by atoms with Crippen molar-refractivity contribution in [3.8, 4) is 0 Å². The minimum absolute atomic E-state index is 0.150. The molecule has 0 atom stereocenters. The number of imidazole rings is 1. The molecule has 24 heavy (non-hydrogen) atoms. The van der Waals surface area contributed by atoms with Crippen LogP contribution in [0.15, 0.2) is 36.9 Å². The number of hydrogen-bond donors (Lipinski definition) is 0. The Balaban J connectivity index is 2.30. The van der Waals surface area contributed by atoms with Crippen LogP contribution >= 0.6 is 11.8 Å². The van der Waals surface area contributed by atoms with E-state index >= 15 is 0 Å². The van der Waals surface area contributed by atoms with Crippen LogP contribution in [0.5, 0.6) is 0 Å². The zero-order valence-electron chi connectivity index (χ0n) is 13.2. The van der Waals surface area contributed by atoms with Gasteiger partial charge in [0, 0.05) is 6.54 Å². The molecule has 0 saturated carbocycles. The van der Waals surface area contributed by atoms with E-state index in [4.69, 9.17) is 0 Å². The number of carbonyl (C=O) groups excluding carboxylic acids is 1. The Morgan fingerprint density at radius 1 is 1.42 bits per heavy atom. The van der Waals surface area contributed by atoms with E-state index in [1.54, 1.807) is 10.6 Å². The van der Waals surface area contributed by atoms with Crippen molar-refractivity contribution >= 4 is 28.7 Å². The third kappa shape index (κ3) is 4.53. The van der Waals surface area contributed by atoms with Gasteiger partial charge in [0.15, 0.2) is 0 Å². The summed E-state index contributed by atoms with van der Waals surface area (Å²) < 4.78 is 39.7. The summed E-state index contributed by atoms with van der Waals surface area (Å²) in [5, 5.41) is 0. The SMILES string of the molecule is C=CCN(CC(F)(F)F)C(=O)Cn1c(CSC)nc2ccccc21. The molecule has 0 saturated heterocycles. The number of carbonyl (C=O) groups is 1. The molecule has 0 unspecified atom stereocenters. The van der Waals surface area contributed by atoms with E-state index < -0.39 is 18.6 Å². The third-order valence-corrected chi connectivity index (χ3v) is 3.92. The topological polar surface area (TPSA) is 38.1 Å². The number of aromatic nitrogens is 2. The van der Waals surface area contributed by atoms with Crippen molar-refractivity contribution in [2.75, 3.05) is 19.3 Å². The highest BCUT2D eigenvalue weighted by Crippen LogP contribution is 2.21. The number of fused-ring (bicyclic) bond motifs is 1. The highest BCUT2D eigenvalue weighted by molar-refractivity contribution is 7.97. The quantitative estimate of drug-likeness (QED) is 0.712. The Labute approximate surface area is 142 Å². The van der Waals surface area contributed by atoms with Crippen LogP contribution in [-0.2, 0) is 17.1 Å². The van der Waals surface area contributed by atoms with Crippen molar-refractivity contribution in [1.29, 1.82) is 0 Å². The van der Waals surface area contributed by atoms with E-state index in [0.717, 1.165) is 15.9 Å². The number of amides is 1. The number of halogens is 3. The molecule has 2 rings (SSSR count). The molecule has 0 aliphatic heterocycles. The van der Waals surface area contributed by atoms with Gasteiger partial charge >= 0.3 is 6.18 Å². The molecule has 4 nitrogen and oxygen atoms in total. The van der Waals surface area contributed by atoms with Crippen molar-refractivity contribution < 1.29 is 18.0 Å². The number of hydrogen-bond acceptors (Lipinski definition) is 3. The fourth-order valence-corrected chi connectivity index (χ4v) is 2.88. The first-order valence-electron chi connectivity index (χ1n) is 7.24. The van der Waals surface area contributed by atoms with Crippen LogP contribution in [0.3, 0.4) is 0 Å². The molecule has 0 aliphatic rings. The molecule has 0 aliphatic carbocycles. The van der Waals surface area contributed by atoms with Crippen LogP contribution in [0.1, 0.15) is 5.82 Å². The number of para-hydroxylation sites is 2. The molecule has 1 heterocycles. The van der Waals surface area contributed by atoms with Crippen LogP contribution in [0, 0.1) is 0 Å². The molecule has 1 aromatic heterocycles. The molecule has 0 bridgehead atoms. The number of nitrogens with zero attached hydrogens (tertiary/aromatic N) is 3. The predicted molar refractivity (Wildman–Crippen MR) is 89.8 cm³/mol. The van der Waals surface area contributed by atoms with Crippen LogP contribution in [-0.4, -0.2) is 45.9 Å². The summed E-state index contributed by atoms with van der Waals surface area (Å²) in [7, 11) is 0. The Kier molecular flexibility index (Phi) is 5.93.